The van der Waals surface area contributed by atoms with E-state index in [2.05, 4.69) is 10.9 Å². The minimum absolute atomic E-state index is 0.688. The maximum Gasteiger partial charge on any atom is 0.185 e. The van der Waals surface area contributed by atoms with Crippen molar-refractivity contribution >= 4 is 0 Å². The molecule has 0 saturated heterocycles. The molecule has 2 nitrogen and oxygen atoms in total. The average Bonchev–Trinajstić information content (AvgIpc) is 2.10. The number of rotatable bonds is 0. The van der Waals surface area contributed by atoms with Gasteiger partial charge in [0.05, 0.1) is 5.69 Å². The van der Waals surface area contributed by atoms with E-state index in [-0.39, 0.29) is 0 Å². The SMILES string of the molecule is C#Cc1nc(C)cn1C. The molecule has 0 aliphatic heterocycles. The van der Waals surface area contributed by atoms with Crippen LogP contribution in [0.1, 0.15) is 11.5 Å². The first-order valence-electron chi connectivity index (χ1n) is 2.70. The van der Waals surface area contributed by atoms with Gasteiger partial charge in [-0.1, -0.05) is 0 Å². The Labute approximate surface area is 54.5 Å². The van der Waals surface area contributed by atoms with Gasteiger partial charge in [-0.25, -0.2) is 4.98 Å². The largest absolute Gasteiger partial charge is 0.327 e. The zero-order valence-electron chi connectivity index (χ0n) is 5.55. The minimum atomic E-state index is 0.688. The quantitative estimate of drug-likeness (QED) is 0.461. The Kier molecular flexibility index (Phi) is 1.27. The number of nitrogens with zero attached hydrogens (tertiary/aromatic N) is 2. The predicted octanol–water partition coefficient (Wildman–Crippen LogP) is 0.710. The van der Waals surface area contributed by atoms with Gasteiger partial charge in [0.1, 0.15) is 0 Å². The van der Waals surface area contributed by atoms with Crippen molar-refractivity contribution in [3.05, 3.63) is 17.7 Å². The maximum absolute atomic E-state index is 5.13. The summed E-state index contributed by atoms with van der Waals surface area (Å²) in [5.41, 5.74) is 0.963. The van der Waals surface area contributed by atoms with Crippen LogP contribution in [-0.4, -0.2) is 9.55 Å². The second kappa shape index (κ2) is 1.94. The zero-order chi connectivity index (χ0) is 6.85. The van der Waals surface area contributed by atoms with Crippen molar-refractivity contribution < 1.29 is 0 Å². The predicted molar refractivity (Wildman–Crippen MR) is 35.9 cm³/mol. The molecule has 0 N–H and O–H groups in total. The Bertz CT molecular complexity index is 252. The van der Waals surface area contributed by atoms with Gasteiger partial charge >= 0.3 is 0 Å². The first-order valence-corrected chi connectivity index (χ1v) is 2.70. The highest BCUT2D eigenvalue weighted by Gasteiger charge is 1.94. The molecule has 1 aromatic rings. The summed E-state index contributed by atoms with van der Waals surface area (Å²) in [5, 5.41) is 0. The molecule has 9 heavy (non-hydrogen) atoms. The lowest BCUT2D eigenvalue weighted by Crippen LogP contribution is -1.88. The van der Waals surface area contributed by atoms with E-state index in [0.717, 1.165) is 5.69 Å². The molecule has 1 rings (SSSR count). The number of hydrogen-bond donors (Lipinski definition) is 0. The van der Waals surface area contributed by atoms with Crippen LogP contribution in [0, 0.1) is 19.3 Å². The molecule has 2 heteroatoms. The molecule has 46 valence electrons. The highest BCUT2D eigenvalue weighted by atomic mass is 15.0. The summed E-state index contributed by atoms with van der Waals surface area (Å²) in [4.78, 5) is 4.06. The Hall–Kier alpha value is -1.23. The highest BCUT2D eigenvalue weighted by molar-refractivity contribution is 5.19. The van der Waals surface area contributed by atoms with Crippen LogP contribution in [0.15, 0.2) is 6.20 Å². The van der Waals surface area contributed by atoms with E-state index in [9.17, 15) is 0 Å². The summed E-state index contributed by atoms with van der Waals surface area (Å²) >= 11 is 0. The topological polar surface area (TPSA) is 17.8 Å². The van der Waals surface area contributed by atoms with Gasteiger partial charge in [0.15, 0.2) is 5.82 Å². The third kappa shape index (κ3) is 0.945. The summed E-state index contributed by atoms with van der Waals surface area (Å²) in [6, 6.07) is 0. The van der Waals surface area contributed by atoms with E-state index in [1.807, 2.05) is 24.7 Å². The summed E-state index contributed by atoms with van der Waals surface area (Å²) in [7, 11) is 1.88. The molecule has 1 heterocycles. The third-order valence-corrected chi connectivity index (χ3v) is 1.13. The number of terminal acetylenes is 1. The van der Waals surface area contributed by atoms with Gasteiger partial charge in [0.2, 0.25) is 0 Å². The monoisotopic (exact) mass is 120 g/mol. The number of hydrogen-bond acceptors (Lipinski definition) is 1. The Balaban J connectivity index is 3.20. The van der Waals surface area contributed by atoms with E-state index in [0.29, 0.717) is 5.82 Å². The average molecular weight is 120 g/mol. The highest BCUT2D eigenvalue weighted by Crippen LogP contribution is 1.96. The first-order chi connectivity index (χ1) is 4.24. The van der Waals surface area contributed by atoms with Crippen LogP contribution in [0.2, 0.25) is 0 Å². The van der Waals surface area contributed by atoms with Crippen molar-refractivity contribution in [3.63, 3.8) is 0 Å². The molecule has 0 radical (unpaired) electrons. The van der Waals surface area contributed by atoms with Crippen LogP contribution >= 0.6 is 0 Å². The molecular weight excluding hydrogens is 112 g/mol. The molecule has 1 aromatic heterocycles. The second-order valence-electron chi connectivity index (χ2n) is 1.96. The van der Waals surface area contributed by atoms with E-state index >= 15 is 0 Å². The molecule has 0 aliphatic carbocycles. The van der Waals surface area contributed by atoms with Crippen LogP contribution in [0.25, 0.3) is 0 Å². The summed E-state index contributed by atoms with van der Waals surface area (Å²) < 4.78 is 1.83. The van der Waals surface area contributed by atoms with Crippen molar-refractivity contribution in [3.8, 4) is 12.3 Å². The van der Waals surface area contributed by atoms with Gasteiger partial charge in [-0.3, -0.25) is 0 Å². The zero-order valence-corrected chi connectivity index (χ0v) is 5.55. The molecule has 0 bridgehead atoms. The molecule has 0 saturated carbocycles. The van der Waals surface area contributed by atoms with Crippen LogP contribution in [-0.2, 0) is 7.05 Å². The lowest BCUT2D eigenvalue weighted by molar-refractivity contribution is 0.893. The van der Waals surface area contributed by atoms with Gasteiger partial charge in [0, 0.05) is 13.2 Å². The third-order valence-electron chi connectivity index (χ3n) is 1.13. The van der Waals surface area contributed by atoms with E-state index in [1.165, 1.54) is 0 Å². The Morgan fingerprint density at radius 1 is 1.78 bits per heavy atom. The lowest BCUT2D eigenvalue weighted by Gasteiger charge is -1.86. The summed E-state index contributed by atoms with van der Waals surface area (Å²) in [6.07, 6.45) is 7.03. The molecule has 0 atom stereocenters. The van der Waals surface area contributed by atoms with E-state index in [1.54, 1.807) is 0 Å². The molecule has 0 fully saturated rings. The Morgan fingerprint density at radius 2 is 2.44 bits per heavy atom. The van der Waals surface area contributed by atoms with Gasteiger partial charge in [0.25, 0.3) is 0 Å². The fourth-order valence-electron chi connectivity index (χ4n) is 0.750. The fraction of sp³-hybridized carbons (Fsp3) is 0.286. The standard InChI is InChI=1S/C7H8N2/c1-4-7-8-6(2)5-9(7)3/h1,5H,2-3H3. The van der Waals surface area contributed by atoms with Crippen molar-refractivity contribution in [2.24, 2.45) is 7.05 Å². The number of imidazole rings is 1. The Morgan fingerprint density at radius 3 is 2.67 bits per heavy atom. The molecule has 0 aliphatic rings. The minimum Gasteiger partial charge on any atom is -0.327 e. The van der Waals surface area contributed by atoms with Gasteiger partial charge < -0.3 is 4.57 Å². The fourth-order valence-corrected chi connectivity index (χ4v) is 0.750. The van der Waals surface area contributed by atoms with Crippen molar-refractivity contribution in [1.29, 1.82) is 0 Å². The molecule has 0 unspecified atom stereocenters. The van der Waals surface area contributed by atoms with Crippen molar-refractivity contribution in [2.45, 2.75) is 6.92 Å². The number of aryl methyl sites for hydroxylation is 2. The normalized spacial score (nSPS) is 9.00. The van der Waals surface area contributed by atoms with Crippen molar-refractivity contribution in [1.82, 2.24) is 9.55 Å². The van der Waals surface area contributed by atoms with Crippen molar-refractivity contribution in [2.75, 3.05) is 0 Å². The van der Waals surface area contributed by atoms with Gasteiger partial charge in [-0.05, 0) is 12.8 Å². The smallest absolute Gasteiger partial charge is 0.185 e. The van der Waals surface area contributed by atoms with Gasteiger partial charge in [-0.2, -0.15) is 0 Å². The molecule has 0 aromatic carbocycles. The maximum atomic E-state index is 5.13. The van der Waals surface area contributed by atoms with Crippen LogP contribution in [0.5, 0.6) is 0 Å². The number of aromatic nitrogens is 2. The second-order valence-corrected chi connectivity index (χ2v) is 1.96. The van der Waals surface area contributed by atoms with Crippen LogP contribution in [0.3, 0.4) is 0 Å². The summed E-state index contributed by atoms with van der Waals surface area (Å²) in [5.74, 6) is 3.16. The first kappa shape index (κ1) is 5.90. The van der Waals surface area contributed by atoms with Crippen LogP contribution < -0.4 is 0 Å². The van der Waals surface area contributed by atoms with E-state index in [4.69, 9.17) is 6.42 Å². The lowest BCUT2D eigenvalue weighted by atomic mass is 10.6. The van der Waals surface area contributed by atoms with Crippen LogP contribution in [0.4, 0.5) is 0 Å². The van der Waals surface area contributed by atoms with Gasteiger partial charge in [-0.15, -0.1) is 6.42 Å². The molecule has 0 spiro atoms. The molecular formula is C7H8N2. The summed E-state index contributed by atoms with van der Waals surface area (Å²) in [6.45, 7) is 1.92. The van der Waals surface area contributed by atoms with E-state index < -0.39 is 0 Å². The molecule has 0 amide bonds.